The zero-order chi connectivity index (χ0) is 9.41. The van der Waals surface area contributed by atoms with Gasteiger partial charge in [-0.05, 0) is 17.7 Å². The molecule has 0 spiro atoms. The van der Waals surface area contributed by atoms with Gasteiger partial charge in [0.15, 0.2) is 5.29 Å². The summed E-state index contributed by atoms with van der Waals surface area (Å²) in [6, 6.07) is 0. The Hall–Kier alpha value is 0.0300. The maximum atomic E-state index is 10.8. The van der Waals surface area contributed by atoms with E-state index in [2.05, 4.69) is 10.3 Å². The van der Waals surface area contributed by atoms with E-state index >= 15 is 0 Å². The topological polar surface area (TPSA) is 58.5 Å². The number of rotatable bonds is 1. The lowest BCUT2D eigenvalue weighted by molar-refractivity contribution is 0.598. The molecule has 0 fully saturated rings. The number of amidine groups is 1. The molecule has 0 saturated carbocycles. The zero-order valence-corrected chi connectivity index (χ0v) is 8.54. The molecule has 0 aromatic rings. The highest BCUT2D eigenvalue weighted by atomic mass is 35.7. The highest BCUT2D eigenvalue weighted by Gasteiger charge is 2.39. The minimum Gasteiger partial charge on any atom is -0.337 e. The number of halogens is 3. The van der Waals surface area contributed by atoms with Gasteiger partial charge in [0.2, 0.25) is 0 Å². The summed E-state index contributed by atoms with van der Waals surface area (Å²) >= 11 is 10.9. The maximum Gasteiger partial charge on any atom is 0.277 e. The number of hydrogen-bond acceptors (Lipinski definition) is 4. The fourth-order valence-electron chi connectivity index (χ4n) is 0.552. The fourth-order valence-corrected chi connectivity index (χ4v) is 1.68. The van der Waals surface area contributed by atoms with Crippen molar-refractivity contribution < 1.29 is 8.42 Å². The van der Waals surface area contributed by atoms with Gasteiger partial charge >= 0.3 is 0 Å². The zero-order valence-electron chi connectivity index (χ0n) is 5.46. The number of aliphatic imine (C=N–C) groups is 1. The van der Waals surface area contributed by atoms with Crippen LogP contribution in [0.25, 0.3) is 0 Å². The van der Waals surface area contributed by atoms with Gasteiger partial charge in [-0.2, -0.15) is 0 Å². The van der Waals surface area contributed by atoms with Crippen molar-refractivity contribution in [2.45, 2.75) is 4.33 Å². The third kappa shape index (κ3) is 1.85. The van der Waals surface area contributed by atoms with E-state index in [-0.39, 0.29) is 5.29 Å². The Bertz CT molecular complexity index is 349. The average molecular weight is 250 g/mol. The highest BCUT2D eigenvalue weighted by Crippen LogP contribution is 2.31. The van der Waals surface area contributed by atoms with Gasteiger partial charge in [0, 0.05) is 16.9 Å². The van der Waals surface area contributed by atoms with Crippen LogP contribution in [0.15, 0.2) is 17.3 Å². The molecule has 0 aromatic heterocycles. The lowest BCUT2D eigenvalue weighted by Gasteiger charge is -2.18. The largest absolute Gasteiger partial charge is 0.337 e. The Morgan fingerprint density at radius 1 is 1.58 bits per heavy atom. The molecule has 1 rings (SSSR count). The Balaban J connectivity index is 3.16. The van der Waals surface area contributed by atoms with E-state index in [9.17, 15) is 8.42 Å². The van der Waals surface area contributed by atoms with E-state index in [4.69, 9.17) is 33.9 Å². The first kappa shape index (κ1) is 10.1. The standard InChI is InChI=1S/C4H3Cl3N2O2S/c5-3-8-2-1-4(6,9-3)12(7,10)11/h1-2H,(H,8,9). The van der Waals surface area contributed by atoms with Crippen LogP contribution < -0.4 is 5.32 Å². The molecule has 1 N–H and O–H groups in total. The monoisotopic (exact) mass is 248 g/mol. The van der Waals surface area contributed by atoms with E-state index in [0.717, 1.165) is 6.08 Å². The van der Waals surface area contributed by atoms with Gasteiger partial charge in [-0.25, -0.2) is 13.4 Å². The third-order valence-electron chi connectivity index (χ3n) is 1.08. The molecule has 4 nitrogen and oxygen atoms in total. The van der Waals surface area contributed by atoms with Crippen LogP contribution >= 0.6 is 33.9 Å². The molecule has 0 aromatic carbocycles. The normalized spacial score (nSPS) is 29.4. The second-order valence-corrected chi connectivity index (χ2v) is 5.80. The fraction of sp³-hybridized carbons (Fsp3) is 0.250. The smallest absolute Gasteiger partial charge is 0.277 e. The molecule has 1 aliphatic heterocycles. The summed E-state index contributed by atoms with van der Waals surface area (Å²) in [5.74, 6) is 0. The van der Waals surface area contributed by atoms with E-state index < -0.39 is 13.4 Å². The SMILES string of the molecule is O=S(=O)(Cl)C1(Cl)C=CNC(Cl)=N1. The van der Waals surface area contributed by atoms with Crippen molar-refractivity contribution in [2.75, 3.05) is 0 Å². The molecule has 0 aliphatic carbocycles. The average Bonchev–Trinajstić information content (AvgIpc) is 1.83. The molecule has 1 atom stereocenters. The molecule has 1 heterocycles. The summed E-state index contributed by atoms with van der Waals surface area (Å²) < 4.78 is 19.7. The van der Waals surface area contributed by atoms with Gasteiger partial charge in [0.25, 0.3) is 13.4 Å². The summed E-state index contributed by atoms with van der Waals surface area (Å²) in [5, 5.41) is 2.31. The molecular formula is C4H3Cl3N2O2S. The van der Waals surface area contributed by atoms with Gasteiger partial charge in [0.05, 0.1) is 0 Å². The summed E-state index contributed by atoms with van der Waals surface area (Å²) in [6.07, 6.45) is 2.34. The van der Waals surface area contributed by atoms with Gasteiger partial charge in [-0.3, -0.25) is 0 Å². The van der Waals surface area contributed by atoms with E-state index in [1.54, 1.807) is 0 Å². The molecule has 0 amide bonds. The molecular weight excluding hydrogens is 246 g/mol. The third-order valence-corrected chi connectivity index (χ3v) is 3.95. The Labute approximate surface area is 83.6 Å². The van der Waals surface area contributed by atoms with Gasteiger partial charge in [0.1, 0.15) is 0 Å². The van der Waals surface area contributed by atoms with Crippen molar-refractivity contribution in [3.8, 4) is 0 Å². The lowest BCUT2D eigenvalue weighted by atomic mass is 10.5. The van der Waals surface area contributed by atoms with Gasteiger partial charge in [-0.1, -0.05) is 11.6 Å². The summed E-state index contributed by atoms with van der Waals surface area (Å²) in [5.41, 5.74) is 0. The Morgan fingerprint density at radius 2 is 2.17 bits per heavy atom. The second kappa shape index (κ2) is 3.06. The van der Waals surface area contributed by atoms with Crippen molar-refractivity contribution in [2.24, 2.45) is 4.99 Å². The molecule has 12 heavy (non-hydrogen) atoms. The minimum atomic E-state index is -4.02. The van der Waals surface area contributed by atoms with Crippen molar-refractivity contribution in [3.05, 3.63) is 12.3 Å². The molecule has 0 bridgehead atoms. The van der Waals surface area contributed by atoms with Crippen LogP contribution in [-0.2, 0) is 9.05 Å². The van der Waals surface area contributed by atoms with Crippen LogP contribution in [0.4, 0.5) is 0 Å². The number of nitrogens with zero attached hydrogens (tertiary/aromatic N) is 1. The van der Waals surface area contributed by atoms with Crippen LogP contribution in [0.2, 0.25) is 0 Å². The summed E-state index contributed by atoms with van der Waals surface area (Å²) in [4.78, 5) is 3.42. The van der Waals surface area contributed by atoms with E-state index in [1.807, 2.05) is 0 Å². The Morgan fingerprint density at radius 3 is 2.50 bits per heavy atom. The maximum absolute atomic E-state index is 10.8. The summed E-state index contributed by atoms with van der Waals surface area (Å²) in [6.45, 7) is 0. The first-order valence-electron chi connectivity index (χ1n) is 2.68. The highest BCUT2D eigenvalue weighted by molar-refractivity contribution is 8.15. The van der Waals surface area contributed by atoms with Crippen LogP contribution in [0.3, 0.4) is 0 Å². The van der Waals surface area contributed by atoms with Crippen LogP contribution in [0.1, 0.15) is 0 Å². The quantitative estimate of drug-likeness (QED) is 0.431. The van der Waals surface area contributed by atoms with Crippen molar-refractivity contribution in [1.29, 1.82) is 0 Å². The predicted molar refractivity (Wildman–Crippen MR) is 48.9 cm³/mol. The lowest BCUT2D eigenvalue weighted by Crippen LogP contribution is -2.31. The molecule has 8 heteroatoms. The van der Waals surface area contributed by atoms with Gasteiger partial charge < -0.3 is 5.32 Å². The first-order valence-corrected chi connectivity index (χ1v) is 5.74. The van der Waals surface area contributed by atoms with E-state index in [1.165, 1.54) is 6.20 Å². The van der Waals surface area contributed by atoms with E-state index in [0.29, 0.717) is 0 Å². The molecule has 0 saturated heterocycles. The number of hydrogen-bond donors (Lipinski definition) is 1. The first-order chi connectivity index (χ1) is 5.35. The number of nitrogens with one attached hydrogen (secondary N) is 1. The van der Waals surface area contributed by atoms with Crippen molar-refractivity contribution in [3.63, 3.8) is 0 Å². The minimum absolute atomic E-state index is 0.128. The van der Waals surface area contributed by atoms with Crippen LogP contribution in [0, 0.1) is 0 Å². The number of alkyl halides is 1. The van der Waals surface area contributed by atoms with Gasteiger partial charge in [-0.15, -0.1) is 0 Å². The molecule has 1 aliphatic rings. The predicted octanol–water partition coefficient (Wildman–Crippen LogP) is 1.16. The Kier molecular flexibility index (Phi) is 2.58. The van der Waals surface area contributed by atoms with Crippen molar-refractivity contribution >= 4 is 48.2 Å². The molecule has 0 radical (unpaired) electrons. The van der Waals surface area contributed by atoms with Crippen LogP contribution in [0.5, 0.6) is 0 Å². The van der Waals surface area contributed by atoms with Crippen molar-refractivity contribution in [1.82, 2.24) is 5.32 Å². The molecule has 68 valence electrons. The molecule has 1 unspecified atom stereocenters. The van der Waals surface area contributed by atoms with Crippen LogP contribution in [-0.4, -0.2) is 18.0 Å². The summed E-state index contributed by atoms with van der Waals surface area (Å²) in [7, 11) is 0.995. The second-order valence-electron chi connectivity index (χ2n) is 1.93.